The molecule has 1 saturated heterocycles. The first-order valence-corrected chi connectivity index (χ1v) is 15.8. The number of imidazole rings is 1. The molecule has 5 heterocycles. The molecule has 4 N–H and O–H groups in total. The Morgan fingerprint density at radius 2 is 1.94 bits per heavy atom. The molecule has 5 aromatic rings. The van der Waals surface area contributed by atoms with Crippen LogP contribution in [0.2, 0.25) is 0 Å². The van der Waals surface area contributed by atoms with Crippen molar-refractivity contribution >= 4 is 39.9 Å². The zero-order valence-electron chi connectivity index (χ0n) is 26.6. The minimum absolute atomic E-state index is 0.178. The van der Waals surface area contributed by atoms with E-state index in [1.165, 1.54) is 24.0 Å². The van der Waals surface area contributed by atoms with Crippen LogP contribution in [0.25, 0.3) is 33.6 Å². The lowest BCUT2D eigenvalue weighted by Gasteiger charge is -2.37. The molecular formula is C35H32N10O4. The van der Waals surface area contributed by atoms with E-state index in [9.17, 15) is 9.90 Å². The Balaban J connectivity index is 1.15. The van der Waals surface area contributed by atoms with Crippen LogP contribution in [0.1, 0.15) is 12.2 Å². The number of amides is 1. The topological polar surface area (TPSA) is 169 Å². The van der Waals surface area contributed by atoms with Crippen molar-refractivity contribution < 1.29 is 19.1 Å². The van der Waals surface area contributed by atoms with E-state index >= 15 is 0 Å². The summed E-state index contributed by atoms with van der Waals surface area (Å²) in [5.41, 5.74) is 4.61. The average molecular weight is 657 g/mol. The summed E-state index contributed by atoms with van der Waals surface area (Å²) in [6, 6.07) is 13.1. The molecule has 14 nitrogen and oxygen atoms in total. The van der Waals surface area contributed by atoms with Gasteiger partial charge < -0.3 is 39.7 Å². The van der Waals surface area contributed by atoms with Crippen molar-refractivity contribution in [2.45, 2.75) is 12.1 Å². The average Bonchev–Trinajstić information content (AvgIpc) is 3.46. The fourth-order valence-corrected chi connectivity index (χ4v) is 6.06. The van der Waals surface area contributed by atoms with Gasteiger partial charge in [0.2, 0.25) is 11.9 Å². The van der Waals surface area contributed by atoms with E-state index in [2.05, 4.69) is 53.3 Å². The Morgan fingerprint density at radius 1 is 1.10 bits per heavy atom. The number of benzene rings is 2. The molecule has 0 radical (unpaired) electrons. The molecule has 1 atom stereocenters. The van der Waals surface area contributed by atoms with Crippen LogP contribution in [0.4, 0.5) is 23.0 Å². The van der Waals surface area contributed by atoms with Crippen molar-refractivity contribution in [2.75, 3.05) is 48.8 Å². The molecule has 1 fully saturated rings. The minimum Gasteiger partial charge on any atom is -0.494 e. The van der Waals surface area contributed by atoms with E-state index < -0.39 is 5.72 Å². The van der Waals surface area contributed by atoms with Crippen LogP contribution in [-0.4, -0.2) is 69.1 Å². The fourth-order valence-electron chi connectivity index (χ4n) is 6.06. The number of ether oxygens (including phenoxy) is 1. The third-order valence-electron chi connectivity index (χ3n) is 8.70. The van der Waals surface area contributed by atoms with Crippen molar-refractivity contribution in [3.8, 4) is 28.4 Å². The molecule has 0 bridgehead atoms. The summed E-state index contributed by atoms with van der Waals surface area (Å²) in [5.74, 6) is 0.659. The van der Waals surface area contributed by atoms with E-state index in [4.69, 9.17) is 19.1 Å². The Kier molecular flexibility index (Phi) is 7.41. The van der Waals surface area contributed by atoms with E-state index in [1.54, 1.807) is 25.6 Å². The van der Waals surface area contributed by atoms with Crippen molar-refractivity contribution in [3.05, 3.63) is 97.5 Å². The number of fused-ring (bicyclic) bond motifs is 1. The third-order valence-corrected chi connectivity index (χ3v) is 8.70. The van der Waals surface area contributed by atoms with Crippen LogP contribution in [0, 0.1) is 0 Å². The Hall–Kier alpha value is -6.28. The van der Waals surface area contributed by atoms with Crippen molar-refractivity contribution in [1.29, 1.82) is 0 Å². The first-order chi connectivity index (χ1) is 23.9. The molecule has 8 rings (SSSR count). The number of azo groups is 1. The van der Waals surface area contributed by atoms with Crippen LogP contribution in [0.5, 0.6) is 5.75 Å². The van der Waals surface area contributed by atoms with Crippen LogP contribution in [-0.2, 0) is 10.5 Å². The zero-order chi connectivity index (χ0) is 33.5. The fraction of sp³-hybridized carbons (Fsp3) is 0.200. The minimum atomic E-state index is -1.75. The molecule has 1 amide bonds. The van der Waals surface area contributed by atoms with E-state index in [-0.39, 0.29) is 17.7 Å². The predicted molar refractivity (Wildman–Crippen MR) is 184 cm³/mol. The zero-order valence-corrected chi connectivity index (χ0v) is 26.6. The van der Waals surface area contributed by atoms with Gasteiger partial charge in [-0.05, 0) is 36.4 Å². The van der Waals surface area contributed by atoms with Gasteiger partial charge in [0.05, 0.1) is 53.7 Å². The van der Waals surface area contributed by atoms with Gasteiger partial charge in [-0.15, -0.1) is 5.11 Å². The molecule has 1 aliphatic carbocycles. The summed E-state index contributed by atoms with van der Waals surface area (Å²) in [5, 5.41) is 26.1. The summed E-state index contributed by atoms with van der Waals surface area (Å²) in [7, 11) is 1.59. The Labute approximate surface area is 280 Å². The van der Waals surface area contributed by atoms with Gasteiger partial charge >= 0.3 is 0 Å². The lowest BCUT2D eigenvalue weighted by molar-refractivity contribution is -0.111. The molecule has 3 aromatic heterocycles. The number of aromatic nitrogens is 4. The number of furan rings is 1. The van der Waals surface area contributed by atoms with Crippen molar-refractivity contribution in [3.63, 3.8) is 0 Å². The predicted octanol–water partition coefficient (Wildman–Crippen LogP) is 5.69. The summed E-state index contributed by atoms with van der Waals surface area (Å²) in [6.07, 6.45) is 10.6. The number of aliphatic hydroxyl groups is 1. The number of H-pyrrole nitrogens is 1. The summed E-state index contributed by atoms with van der Waals surface area (Å²) < 4.78 is 11.5. The standard InChI is InChI=1S/C35H32N10O4/c1-3-30(46)38-25-19-26(29(48-2)20-27(25)45-15-13-44(14-16-45)23-6-7-23)40-34-36-11-8-24(39-34)32-31(22-5-4-21-9-17-49-28(21)18-22)41-33(42-32)35(47)10-12-37-43-35/h3-6,8-12,17-20,47H,1,7,13-16H2,2H3,(H,38,46)(H,41,42)(H,36,39,40). The van der Waals surface area contributed by atoms with Crippen LogP contribution >= 0.6 is 0 Å². The number of hydrogen-bond donors (Lipinski definition) is 4. The van der Waals surface area contributed by atoms with Gasteiger partial charge in [-0.2, -0.15) is 5.11 Å². The molecule has 0 spiro atoms. The third kappa shape index (κ3) is 5.78. The number of allylic oxidation sites excluding steroid dienone is 2. The maximum atomic E-state index is 12.5. The number of rotatable bonds is 10. The quantitative estimate of drug-likeness (QED) is 0.137. The van der Waals surface area contributed by atoms with Gasteiger partial charge in [0.1, 0.15) is 11.3 Å². The Morgan fingerprint density at radius 3 is 2.69 bits per heavy atom. The number of carbonyl (C=O) groups excluding carboxylic acids is 1. The summed E-state index contributed by atoms with van der Waals surface area (Å²) in [4.78, 5) is 34.4. The molecule has 1 unspecified atom stereocenters. The number of nitrogens with zero attached hydrogens (tertiary/aromatic N) is 7. The molecular weight excluding hydrogens is 624 g/mol. The van der Waals surface area contributed by atoms with Gasteiger partial charge in [0.15, 0.2) is 5.82 Å². The second kappa shape index (κ2) is 12.1. The van der Waals surface area contributed by atoms with Crippen molar-refractivity contribution in [1.82, 2.24) is 24.8 Å². The monoisotopic (exact) mass is 656 g/mol. The molecule has 3 aliphatic rings. The highest BCUT2D eigenvalue weighted by Gasteiger charge is 2.34. The normalized spacial score (nSPS) is 18.1. The maximum Gasteiger partial charge on any atom is 0.256 e. The highest BCUT2D eigenvalue weighted by molar-refractivity contribution is 6.02. The van der Waals surface area contributed by atoms with Crippen LogP contribution in [0.15, 0.2) is 106 Å². The second-order valence-electron chi connectivity index (χ2n) is 11.8. The first kappa shape index (κ1) is 30.1. The van der Waals surface area contributed by atoms with E-state index in [0.29, 0.717) is 39.8 Å². The summed E-state index contributed by atoms with van der Waals surface area (Å²) in [6.45, 7) is 7.01. The summed E-state index contributed by atoms with van der Waals surface area (Å²) >= 11 is 0. The highest BCUT2D eigenvalue weighted by atomic mass is 16.5. The number of aromatic amines is 1. The number of piperazine rings is 1. The molecule has 49 heavy (non-hydrogen) atoms. The van der Waals surface area contributed by atoms with Gasteiger partial charge in [-0.1, -0.05) is 24.8 Å². The largest absolute Gasteiger partial charge is 0.494 e. The van der Waals surface area contributed by atoms with E-state index in [0.717, 1.165) is 49.2 Å². The van der Waals surface area contributed by atoms with E-state index in [1.807, 2.05) is 36.4 Å². The smallest absolute Gasteiger partial charge is 0.256 e. The molecule has 14 heteroatoms. The molecule has 0 saturated carbocycles. The highest BCUT2D eigenvalue weighted by Crippen LogP contribution is 2.40. The van der Waals surface area contributed by atoms with Gasteiger partial charge in [0.25, 0.3) is 5.72 Å². The molecule has 2 aliphatic heterocycles. The van der Waals surface area contributed by atoms with Gasteiger partial charge in [-0.25, -0.2) is 15.0 Å². The first-order valence-electron chi connectivity index (χ1n) is 15.8. The second-order valence-corrected chi connectivity index (χ2v) is 11.8. The SMILES string of the molecule is C=CC(=O)Nc1cc(Nc2nccc(-c3[nH]c(C4(O)C=CN=N4)nc3-c3ccc4ccoc4c3)n2)c(OC)cc1N1CCN(C2=CC2)CC1. The number of anilines is 4. The lowest BCUT2D eigenvalue weighted by atomic mass is 10.1. The Bertz CT molecular complexity index is 2180. The number of carbonyl (C=O) groups is 1. The van der Waals surface area contributed by atoms with Crippen LogP contribution < -0.4 is 20.3 Å². The van der Waals surface area contributed by atoms with Gasteiger partial charge in [-0.3, -0.25) is 4.79 Å². The van der Waals surface area contributed by atoms with Crippen molar-refractivity contribution in [2.24, 2.45) is 10.2 Å². The number of methoxy groups -OCH3 is 1. The van der Waals surface area contributed by atoms with Crippen LogP contribution in [0.3, 0.4) is 0 Å². The molecule has 246 valence electrons. The van der Waals surface area contributed by atoms with Gasteiger partial charge in [0, 0.05) is 61.5 Å². The number of hydrogen-bond acceptors (Lipinski definition) is 12. The number of nitrogens with one attached hydrogen (secondary N) is 3. The maximum absolute atomic E-state index is 12.5. The molecule has 2 aromatic carbocycles. The lowest BCUT2D eigenvalue weighted by Crippen LogP contribution is -2.45.